The van der Waals surface area contributed by atoms with Crippen molar-refractivity contribution in [2.45, 2.75) is 26.8 Å². The van der Waals surface area contributed by atoms with Crippen molar-refractivity contribution in [1.29, 1.82) is 0 Å². The predicted molar refractivity (Wildman–Crippen MR) is 71.1 cm³/mol. The quantitative estimate of drug-likeness (QED) is 0.819. The molecule has 1 amide bonds. The van der Waals surface area contributed by atoms with Crippen molar-refractivity contribution in [3.05, 3.63) is 41.6 Å². The van der Waals surface area contributed by atoms with Crippen LogP contribution < -0.4 is 4.74 Å². The Bertz CT molecular complexity index is 462. The van der Waals surface area contributed by atoms with Gasteiger partial charge in [0.1, 0.15) is 5.75 Å². The Balaban J connectivity index is 2.12. The molecule has 0 radical (unpaired) electrons. The van der Waals surface area contributed by atoms with E-state index in [2.05, 4.69) is 13.0 Å². The summed E-state index contributed by atoms with van der Waals surface area (Å²) in [5.74, 6) is 1.40. The van der Waals surface area contributed by atoms with Gasteiger partial charge in [0.05, 0.1) is 13.7 Å². The number of carbonyl (C=O) groups is 1. The summed E-state index contributed by atoms with van der Waals surface area (Å²) in [4.78, 5) is 13.9. The zero-order valence-electron chi connectivity index (χ0n) is 11.1. The fourth-order valence-corrected chi connectivity index (χ4v) is 2.27. The van der Waals surface area contributed by atoms with Gasteiger partial charge in [0.15, 0.2) is 0 Å². The molecule has 18 heavy (non-hydrogen) atoms. The van der Waals surface area contributed by atoms with Crippen LogP contribution in [0.2, 0.25) is 0 Å². The minimum atomic E-state index is 0.207. The lowest BCUT2D eigenvalue weighted by Crippen LogP contribution is -2.33. The van der Waals surface area contributed by atoms with E-state index < -0.39 is 0 Å². The standard InChI is InChI=1S/C15H19NO2/c1-11-8-12(2)16(15(17)9-11)10-13-4-6-14(18-3)7-5-13/h4-8,11H,9-10H2,1-3H3. The molecule has 1 unspecified atom stereocenters. The van der Waals surface area contributed by atoms with E-state index in [0.29, 0.717) is 18.9 Å². The third-order valence-corrected chi connectivity index (χ3v) is 3.25. The van der Waals surface area contributed by atoms with Crippen molar-refractivity contribution in [2.24, 2.45) is 5.92 Å². The number of nitrogens with zero attached hydrogens (tertiary/aromatic N) is 1. The third kappa shape index (κ3) is 2.73. The summed E-state index contributed by atoms with van der Waals surface area (Å²) in [5, 5.41) is 0. The summed E-state index contributed by atoms with van der Waals surface area (Å²) in [6.45, 7) is 4.71. The molecule has 0 aliphatic carbocycles. The Kier molecular flexibility index (Phi) is 3.70. The summed E-state index contributed by atoms with van der Waals surface area (Å²) in [6.07, 6.45) is 2.76. The van der Waals surface area contributed by atoms with Gasteiger partial charge in [-0.15, -0.1) is 0 Å². The van der Waals surface area contributed by atoms with E-state index >= 15 is 0 Å². The Hall–Kier alpha value is -1.77. The first-order valence-electron chi connectivity index (χ1n) is 6.22. The molecule has 0 N–H and O–H groups in total. The highest BCUT2D eigenvalue weighted by Crippen LogP contribution is 2.23. The smallest absolute Gasteiger partial charge is 0.227 e. The number of methoxy groups -OCH3 is 1. The minimum Gasteiger partial charge on any atom is -0.497 e. The molecule has 1 heterocycles. The van der Waals surface area contributed by atoms with E-state index in [4.69, 9.17) is 4.74 Å². The molecule has 96 valence electrons. The zero-order valence-corrected chi connectivity index (χ0v) is 11.1. The highest BCUT2D eigenvalue weighted by Gasteiger charge is 2.22. The van der Waals surface area contributed by atoms with Crippen LogP contribution in [0.3, 0.4) is 0 Å². The Morgan fingerprint density at radius 3 is 2.56 bits per heavy atom. The van der Waals surface area contributed by atoms with Gasteiger partial charge in [0, 0.05) is 12.1 Å². The number of amides is 1. The molecule has 0 saturated carbocycles. The van der Waals surface area contributed by atoms with Gasteiger partial charge in [0.2, 0.25) is 5.91 Å². The van der Waals surface area contributed by atoms with Crippen molar-refractivity contribution in [3.63, 3.8) is 0 Å². The maximum Gasteiger partial charge on any atom is 0.227 e. The van der Waals surface area contributed by atoms with Crippen LogP contribution in [-0.4, -0.2) is 17.9 Å². The first-order chi connectivity index (χ1) is 8.60. The van der Waals surface area contributed by atoms with Crippen molar-refractivity contribution < 1.29 is 9.53 Å². The number of hydrogen-bond acceptors (Lipinski definition) is 2. The number of benzene rings is 1. The molecule has 0 saturated heterocycles. The molecule has 1 aliphatic heterocycles. The third-order valence-electron chi connectivity index (χ3n) is 3.25. The lowest BCUT2D eigenvalue weighted by molar-refractivity contribution is -0.131. The van der Waals surface area contributed by atoms with Crippen LogP contribution >= 0.6 is 0 Å². The Morgan fingerprint density at radius 1 is 1.33 bits per heavy atom. The van der Waals surface area contributed by atoms with Gasteiger partial charge in [-0.3, -0.25) is 4.79 Å². The maximum absolute atomic E-state index is 12.0. The molecule has 1 aliphatic rings. The topological polar surface area (TPSA) is 29.5 Å². The van der Waals surface area contributed by atoms with E-state index in [1.54, 1.807) is 7.11 Å². The average Bonchev–Trinajstić information content (AvgIpc) is 2.34. The molecule has 1 aromatic rings. The van der Waals surface area contributed by atoms with Crippen LogP contribution in [0.1, 0.15) is 25.8 Å². The molecule has 3 heteroatoms. The molecule has 0 bridgehead atoms. The van der Waals surface area contributed by atoms with Crippen molar-refractivity contribution in [3.8, 4) is 5.75 Å². The van der Waals surface area contributed by atoms with Crippen molar-refractivity contribution in [2.75, 3.05) is 7.11 Å². The monoisotopic (exact) mass is 245 g/mol. The SMILES string of the molecule is COc1ccc(CN2C(=O)CC(C)C=C2C)cc1. The predicted octanol–water partition coefficient (Wildman–Crippen LogP) is 2.97. The summed E-state index contributed by atoms with van der Waals surface area (Å²) >= 11 is 0. The van der Waals surface area contributed by atoms with E-state index in [1.165, 1.54) is 0 Å². The Labute approximate surface area is 108 Å². The van der Waals surface area contributed by atoms with Crippen molar-refractivity contribution in [1.82, 2.24) is 4.90 Å². The lowest BCUT2D eigenvalue weighted by atomic mass is 10.0. The van der Waals surface area contributed by atoms with Gasteiger partial charge in [0.25, 0.3) is 0 Å². The fraction of sp³-hybridized carbons (Fsp3) is 0.400. The van der Waals surface area contributed by atoms with Crippen LogP contribution in [0, 0.1) is 5.92 Å². The summed E-state index contributed by atoms with van der Waals surface area (Å²) in [6, 6.07) is 7.84. The average molecular weight is 245 g/mol. The van der Waals surface area contributed by atoms with E-state index in [-0.39, 0.29) is 5.91 Å². The number of hydrogen-bond donors (Lipinski definition) is 0. The Morgan fingerprint density at radius 2 is 2.00 bits per heavy atom. The first kappa shape index (κ1) is 12.7. The minimum absolute atomic E-state index is 0.207. The number of rotatable bonds is 3. The lowest BCUT2D eigenvalue weighted by Gasteiger charge is -2.29. The number of allylic oxidation sites excluding steroid dienone is 2. The molecule has 1 aromatic carbocycles. The summed E-state index contributed by atoms with van der Waals surface area (Å²) < 4.78 is 5.12. The van der Waals surface area contributed by atoms with Crippen LogP contribution in [-0.2, 0) is 11.3 Å². The van der Waals surface area contributed by atoms with Gasteiger partial charge < -0.3 is 9.64 Å². The molecule has 1 atom stereocenters. The van der Waals surface area contributed by atoms with E-state index in [9.17, 15) is 4.79 Å². The molecule has 0 fully saturated rings. The number of carbonyl (C=O) groups excluding carboxylic acids is 1. The highest BCUT2D eigenvalue weighted by molar-refractivity contribution is 5.79. The zero-order chi connectivity index (χ0) is 13.1. The molecular formula is C15H19NO2. The number of ether oxygens (including phenoxy) is 1. The van der Waals surface area contributed by atoms with E-state index in [1.807, 2.05) is 36.1 Å². The van der Waals surface area contributed by atoms with Crippen LogP contribution in [0.25, 0.3) is 0 Å². The van der Waals surface area contributed by atoms with Gasteiger partial charge >= 0.3 is 0 Å². The fourth-order valence-electron chi connectivity index (χ4n) is 2.27. The van der Waals surface area contributed by atoms with Crippen LogP contribution in [0.5, 0.6) is 5.75 Å². The van der Waals surface area contributed by atoms with Gasteiger partial charge in [-0.1, -0.05) is 25.1 Å². The molecule has 0 spiro atoms. The largest absolute Gasteiger partial charge is 0.497 e. The van der Waals surface area contributed by atoms with Crippen molar-refractivity contribution >= 4 is 5.91 Å². The molecule has 3 nitrogen and oxygen atoms in total. The molecular weight excluding hydrogens is 226 g/mol. The first-order valence-corrected chi connectivity index (χ1v) is 6.22. The second kappa shape index (κ2) is 5.25. The van der Waals surface area contributed by atoms with Gasteiger partial charge in [-0.05, 0) is 30.5 Å². The van der Waals surface area contributed by atoms with Gasteiger partial charge in [-0.2, -0.15) is 0 Å². The van der Waals surface area contributed by atoms with Crippen LogP contribution in [0.15, 0.2) is 36.0 Å². The van der Waals surface area contributed by atoms with Gasteiger partial charge in [-0.25, -0.2) is 0 Å². The summed E-state index contributed by atoms with van der Waals surface area (Å²) in [7, 11) is 1.65. The normalized spacial score (nSPS) is 19.7. The summed E-state index contributed by atoms with van der Waals surface area (Å²) in [5.41, 5.74) is 2.17. The molecule has 2 rings (SSSR count). The highest BCUT2D eigenvalue weighted by atomic mass is 16.5. The maximum atomic E-state index is 12.0. The van der Waals surface area contributed by atoms with Crippen LogP contribution in [0.4, 0.5) is 0 Å². The molecule has 0 aromatic heterocycles. The van der Waals surface area contributed by atoms with E-state index in [0.717, 1.165) is 17.0 Å². The second-order valence-electron chi connectivity index (χ2n) is 4.82. The second-order valence-corrected chi connectivity index (χ2v) is 4.82.